The van der Waals surface area contributed by atoms with Crippen LogP contribution in [-0.4, -0.2) is 4.83 Å². The van der Waals surface area contributed by atoms with Gasteiger partial charge in [-0.25, -0.2) is 0 Å². The predicted molar refractivity (Wildman–Crippen MR) is 61.2 cm³/mol. The third-order valence-electron chi connectivity index (χ3n) is 4.33. The molecule has 0 radical (unpaired) electrons. The Kier molecular flexibility index (Phi) is 2.51. The van der Waals surface area contributed by atoms with E-state index in [1.165, 1.54) is 44.9 Å². The van der Waals surface area contributed by atoms with E-state index >= 15 is 0 Å². The zero-order valence-electron chi connectivity index (χ0n) is 8.91. The molecular formula is C12H21Br. The second kappa shape index (κ2) is 3.25. The fourth-order valence-electron chi connectivity index (χ4n) is 3.13. The molecule has 0 aromatic rings. The zero-order chi connectivity index (χ0) is 9.53. The van der Waals surface area contributed by atoms with Gasteiger partial charge in [0.2, 0.25) is 0 Å². The minimum atomic E-state index is 0.693. The summed E-state index contributed by atoms with van der Waals surface area (Å²) in [6, 6.07) is 0. The molecule has 1 heteroatoms. The predicted octanol–water partition coefficient (Wildman–Crippen LogP) is 4.52. The smallest absolute Gasteiger partial charge is 0.0174 e. The van der Waals surface area contributed by atoms with E-state index in [0.717, 1.165) is 4.83 Å². The van der Waals surface area contributed by atoms with Crippen molar-refractivity contribution in [1.29, 1.82) is 0 Å². The van der Waals surface area contributed by atoms with Gasteiger partial charge in [0.05, 0.1) is 0 Å². The Morgan fingerprint density at radius 2 is 1.69 bits per heavy atom. The van der Waals surface area contributed by atoms with E-state index in [1.807, 2.05) is 0 Å². The van der Waals surface area contributed by atoms with Gasteiger partial charge in [0.25, 0.3) is 0 Å². The molecule has 0 nitrogen and oxygen atoms in total. The average Bonchev–Trinajstić information content (AvgIpc) is 2.69. The molecule has 2 aliphatic rings. The van der Waals surface area contributed by atoms with Gasteiger partial charge in [0.15, 0.2) is 0 Å². The summed E-state index contributed by atoms with van der Waals surface area (Å²) in [7, 11) is 0. The van der Waals surface area contributed by atoms with Crippen molar-refractivity contribution in [3.63, 3.8) is 0 Å². The van der Waals surface area contributed by atoms with Crippen LogP contribution in [0.15, 0.2) is 0 Å². The third-order valence-corrected chi connectivity index (χ3v) is 5.30. The first-order valence-electron chi connectivity index (χ1n) is 5.71. The molecule has 2 rings (SSSR count). The van der Waals surface area contributed by atoms with Crippen molar-refractivity contribution in [3.8, 4) is 0 Å². The lowest BCUT2D eigenvalue weighted by atomic mass is 9.77. The molecule has 0 bridgehead atoms. The first kappa shape index (κ1) is 10.0. The molecule has 1 atom stereocenters. The topological polar surface area (TPSA) is 0 Å². The van der Waals surface area contributed by atoms with Crippen molar-refractivity contribution in [2.75, 3.05) is 0 Å². The summed E-state index contributed by atoms with van der Waals surface area (Å²) in [4.78, 5) is 0.734. The Morgan fingerprint density at radius 3 is 2.08 bits per heavy atom. The molecule has 0 N–H and O–H groups in total. The Balaban J connectivity index is 1.96. The molecule has 76 valence electrons. The van der Waals surface area contributed by atoms with Crippen LogP contribution in [0, 0.1) is 10.8 Å². The molecule has 2 aliphatic carbocycles. The highest BCUT2D eigenvalue weighted by atomic mass is 79.9. The van der Waals surface area contributed by atoms with Gasteiger partial charge >= 0.3 is 0 Å². The molecule has 0 saturated heterocycles. The van der Waals surface area contributed by atoms with Gasteiger partial charge in [-0.05, 0) is 42.9 Å². The Labute approximate surface area is 90.6 Å². The van der Waals surface area contributed by atoms with E-state index in [9.17, 15) is 0 Å². The van der Waals surface area contributed by atoms with E-state index in [0.29, 0.717) is 10.8 Å². The molecular weight excluding hydrogens is 224 g/mol. The fourth-order valence-corrected chi connectivity index (χ4v) is 3.75. The summed E-state index contributed by atoms with van der Waals surface area (Å²) >= 11 is 3.79. The van der Waals surface area contributed by atoms with Crippen molar-refractivity contribution in [1.82, 2.24) is 0 Å². The van der Waals surface area contributed by atoms with Crippen molar-refractivity contribution in [3.05, 3.63) is 0 Å². The van der Waals surface area contributed by atoms with Gasteiger partial charge < -0.3 is 0 Å². The van der Waals surface area contributed by atoms with Gasteiger partial charge in [-0.15, -0.1) is 0 Å². The summed E-state index contributed by atoms with van der Waals surface area (Å²) < 4.78 is 0. The standard InChI is InChI=1S/C12H21Br/c1-10(13)12(7-8-12)9-11(2)5-3-4-6-11/h10H,3-9H2,1-2H3. The molecule has 0 spiro atoms. The van der Waals surface area contributed by atoms with E-state index in [-0.39, 0.29) is 0 Å². The second-order valence-corrected chi connectivity index (χ2v) is 7.05. The van der Waals surface area contributed by atoms with Gasteiger partial charge in [-0.2, -0.15) is 0 Å². The number of hydrogen-bond donors (Lipinski definition) is 0. The average molecular weight is 245 g/mol. The van der Waals surface area contributed by atoms with Crippen molar-refractivity contribution in [2.45, 2.75) is 63.6 Å². The Morgan fingerprint density at radius 1 is 1.15 bits per heavy atom. The van der Waals surface area contributed by atoms with E-state index in [4.69, 9.17) is 0 Å². The quantitative estimate of drug-likeness (QED) is 0.641. The summed E-state index contributed by atoms with van der Waals surface area (Å²) in [5, 5.41) is 0. The zero-order valence-corrected chi connectivity index (χ0v) is 10.5. The summed E-state index contributed by atoms with van der Waals surface area (Å²) in [5.41, 5.74) is 1.39. The van der Waals surface area contributed by atoms with E-state index in [2.05, 4.69) is 29.8 Å². The van der Waals surface area contributed by atoms with Crippen molar-refractivity contribution >= 4 is 15.9 Å². The van der Waals surface area contributed by atoms with Crippen LogP contribution in [0.3, 0.4) is 0 Å². The van der Waals surface area contributed by atoms with Crippen molar-refractivity contribution < 1.29 is 0 Å². The van der Waals surface area contributed by atoms with E-state index < -0.39 is 0 Å². The van der Waals surface area contributed by atoms with Crippen molar-refractivity contribution in [2.24, 2.45) is 10.8 Å². The molecule has 0 heterocycles. The monoisotopic (exact) mass is 244 g/mol. The molecule has 0 aromatic carbocycles. The van der Waals surface area contributed by atoms with Crippen LogP contribution in [0.1, 0.15) is 58.8 Å². The van der Waals surface area contributed by atoms with Crippen LogP contribution in [0.5, 0.6) is 0 Å². The van der Waals surface area contributed by atoms with Crippen LogP contribution in [0.25, 0.3) is 0 Å². The van der Waals surface area contributed by atoms with Gasteiger partial charge in [-0.1, -0.05) is 42.6 Å². The highest BCUT2D eigenvalue weighted by molar-refractivity contribution is 9.09. The number of halogens is 1. The first-order chi connectivity index (χ1) is 6.06. The third kappa shape index (κ3) is 1.95. The summed E-state index contributed by atoms with van der Waals surface area (Å²) in [6.07, 6.45) is 10.3. The molecule has 0 aromatic heterocycles. The second-order valence-electron chi connectivity index (χ2n) is 5.67. The molecule has 2 fully saturated rings. The maximum absolute atomic E-state index is 3.79. The minimum absolute atomic E-state index is 0.693. The highest BCUT2D eigenvalue weighted by Crippen LogP contribution is 2.60. The van der Waals surface area contributed by atoms with Gasteiger partial charge in [0, 0.05) is 4.83 Å². The van der Waals surface area contributed by atoms with Crippen LogP contribution >= 0.6 is 15.9 Å². The number of rotatable bonds is 3. The minimum Gasteiger partial charge on any atom is -0.0888 e. The largest absolute Gasteiger partial charge is 0.0888 e. The normalized spacial score (nSPS) is 31.6. The Hall–Kier alpha value is 0.480. The first-order valence-corrected chi connectivity index (χ1v) is 6.62. The van der Waals surface area contributed by atoms with Crippen LogP contribution in [0.4, 0.5) is 0 Å². The highest BCUT2D eigenvalue weighted by Gasteiger charge is 2.50. The van der Waals surface area contributed by atoms with Gasteiger partial charge in [-0.3, -0.25) is 0 Å². The number of hydrogen-bond acceptors (Lipinski definition) is 0. The fraction of sp³-hybridized carbons (Fsp3) is 1.00. The molecule has 0 amide bonds. The lowest BCUT2D eigenvalue weighted by Gasteiger charge is -2.31. The van der Waals surface area contributed by atoms with Gasteiger partial charge in [0.1, 0.15) is 0 Å². The summed E-state index contributed by atoms with van der Waals surface area (Å²) in [6.45, 7) is 4.85. The summed E-state index contributed by atoms with van der Waals surface area (Å²) in [5.74, 6) is 0. The van der Waals surface area contributed by atoms with Crippen LogP contribution in [0.2, 0.25) is 0 Å². The van der Waals surface area contributed by atoms with Crippen LogP contribution < -0.4 is 0 Å². The lowest BCUT2D eigenvalue weighted by molar-refractivity contribution is 0.233. The molecule has 2 saturated carbocycles. The molecule has 1 unspecified atom stereocenters. The molecule has 0 aliphatic heterocycles. The maximum atomic E-state index is 3.79. The molecule has 13 heavy (non-hydrogen) atoms. The number of alkyl halides is 1. The Bertz CT molecular complexity index is 185. The van der Waals surface area contributed by atoms with Crippen LogP contribution in [-0.2, 0) is 0 Å². The SMILES string of the molecule is CC(Br)C1(CC2(C)CCCC2)CC1. The van der Waals surface area contributed by atoms with E-state index in [1.54, 1.807) is 0 Å². The maximum Gasteiger partial charge on any atom is 0.0174 e. The lowest BCUT2D eigenvalue weighted by Crippen LogP contribution is -2.22.